The van der Waals surface area contributed by atoms with Gasteiger partial charge < -0.3 is 4.98 Å². The van der Waals surface area contributed by atoms with Gasteiger partial charge in [0.2, 0.25) is 5.95 Å². The van der Waals surface area contributed by atoms with Gasteiger partial charge in [-0.3, -0.25) is 14.9 Å². The number of aromatic amines is 1. The van der Waals surface area contributed by atoms with E-state index in [-0.39, 0.29) is 16.7 Å². The van der Waals surface area contributed by atoms with Crippen LogP contribution in [0.4, 0.5) is 5.95 Å². The zero-order valence-electron chi connectivity index (χ0n) is 8.48. The van der Waals surface area contributed by atoms with Crippen molar-refractivity contribution in [3.05, 3.63) is 51.7 Å². The Morgan fingerprint density at radius 1 is 1.41 bits per heavy atom. The maximum atomic E-state index is 11.7. The van der Waals surface area contributed by atoms with Gasteiger partial charge in [0, 0.05) is 12.4 Å². The highest BCUT2D eigenvalue weighted by atomic mass is 35.5. The van der Waals surface area contributed by atoms with E-state index in [0.717, 1.165) is 0 Å². The Labute approximate surface area is 101 Å². The molecule has 0 bridgehead atoms. The minimum absolute atomic E-state index is 0.0175. The fourth-order valence-electron chi connectivity index (χ4n) is 1.17. The third kappa shape index (κ3) is 2.67. The molecule has 2 aromatic heterocycles. The van der Waals surface area contributed by atoms with Crippen molar-refractivity contribution in [3.63, 3.8) is 0 Å². The van der Waals surface area contributed by atoms with E-state index >= 15 is 0 Å². The van der Waals surface area contributed by atoms with Gasteiger partial charge in [0.25, 0.3) is 11.5 Å². The van der Waals surface area contributed by atoms with E-state index in [1.165, 1.54) is 24.5 Å². The normalized spacial score (nSPS) is 9.94. The van der Waals surface area contributed by atoms with Gasteiger partial charge in [0.05, 0.1) is 0 Å². The molecule has 6 nitrogen and oxygen atoms in total. The molecule has 0 aromatic carbocycles. The predicted octanol–water partition coefficient (Wildman–Crippen LogP) is 1.07. The molecule has 0 fully saturated rings. The van der Waals surface area contributed by atoms with Gasteiger partial charge in [-0.25, -0.2) is 9.97 Å². The van der Waals surface area contributed by atoms with Crippen LogP contribution in [0.1, 0.15) is 10.4 Å². The molecule has 0 saturated carbocycles. The van der Waals surface area contributed by atoms with Crippen LogP contribution in [0, 0.1) is 0 Å². The highest BCUT2D eigenvalue weighted by Gasteiger charge is 2.11. The van der Waals surface area contributed by atoms with E-state index < -0.39 is 11.5 Å². The number of anilines is 1. The summed E-state index contributed by atoms with van der Waals surface area (Å²) in [6, 6.07) is 4.43. The number of pyridine rings is 1. The third-order valence-electron chi connectivity index (χ3n) is 1.91. The molecule has 0 aliphatic heterocycles. The molecular formula is C10H7ClN4O2. The molecule has 7 heteroatoms. The second-order valence-electron chi connectivity index (χ2n) is 3.07. The second kappa shape index (κ2) is 4.75. The number of H-pyrrole nitrogens is 1. The van der Waals surface area contributed by atoms with Crippen LogP contribution >= 0.6 is 11.6 Å². The first-order valence-electron chi connectivity index (χ1n) is 4.64. The number of nitrogens with zero attached hydrogens (tertiary/aromatic N) is 2. The van der Waals surface area contributed by atoms with Crippen LogP contribution in [0.3, 0.4) is 0 Å². The number of halogens is 1. The SMILES string of the molecule is O=C(Nc1nccc(Cl)n1)c1ccc[nH]c1=O. The number of carbonyl (C=O) groups excluding carboxylic acids is 1. The summed E-state index contributed by atoms with van der Waals surface area (Å²) in [5, 5.41) is 2.58. The van der Waals surface area contributed by atoms with Crippen LogP contribution in [0.15, 0.2) is 35.4 Å². The summed E-state index contributed by atoms with van der Waals surface area (Å²) in [7, 11) is 0. The third-order valence-corrected chi connectivity index (χ3v) is 2.12. The lowest BCUT2D eigenvalue weighted by Gasteiger charge is -2.02. The molecular weight excluding hydrogens is 244 g/mol. The van der Waals surface area contributed by atoms with Crippen molar-refractivity contribution < 1.29 is 4.79 Å². The Bertz CT molecular complexity index is 611. The summed E-state index contributed by atoms with van der Waals surface area (Å²) in [6.07, 6.45) is 2.84. The summed E-state index contributed by atoms with van der Waals surface area (Å²) in [4.78, 5) is 33.0. The van der Waals surface area contributed by atoms with Gasteiger partial charge in [0.15, 0.2) is 0 Å². The maximum Gasteiger partial charge on any atom is 0.263 e. The average molecular weight is 251 g/mol. The van der Waals surface area contributed by atoms with Crippen LogP contribution in [-0.2, 0) is 0 Å². The zero-order chi connectivity index (χ0) is 12.3. The van der Waals surface area contributed by atoms with Gasteiger partial charge in [-0.05, 0) is 18.2 Å². The number of amides is 1. The van der Waals surface area contributed by atoms with Crippen molar-refractivity contribution in [2.45, 2.75) is 0 Å². The fraction of sp³-hybridized carbons (Fsp3) is 0. The maximum absolute atomic E-state index is 11.7. The highest BCUT2D eigenvalue weighted by Crippen LogP contribution is 2.06. The number of carbonyl (C=O) groups is 1. The smallest absolute Gasteiger partial charge is 0.263 e. The van der Waals surface area contributed by atoms with Crippen LogP contribution in [0.2, 0.25) is 5.15 Å². The Hall–Kier alpha value is -2.21. The van der Waals surface area contributed by atoms with Crippen molar-refractivity contribution in [1.29, 1.82) is 0 Å². The van der Waals surface area contributed by atoms with Crippen molar-refractivity contribution >= 4 is 23.5 Å². The first-order chi connectivity index (χ1) is 8.16. The number of rotatable bonds is 2. The van der Waals surface area contributed by atoms with E-state index in [1.807, 2.05) is 0 Å². The number of hydrogen-bond acceptors (Lipinski definition) is 4. The lowest BCUT2D eigenvalue weighted by molar-refractivity contribution is 0.102. The Kier molecular flexibility index (Phi) is 3.15. The first-order valence-corrected chi connectivity index (χ1v) is 5.02. The van der Waals surface area contributed by atoms with Crippen molar-refractivity contribution in [1.82, 2.24) is 15.0 Å². The minimum Gasteiger partial charge on any atom is -0.328 e. The lowest BCUT2D eigenvalue weighted by atomic mass is 10.2. The summed E-state index contributed by atoms with van der Waals surface area (Å²) in [6.45, 7) is 0. The van der Waals surface area contributed by atoms with Crippen molar-refractivity contribution in [2.75, 3.05) is 5.32 Å². The quantitative estimate of drug-likeness (QED) is 0.781. The standard InChI is InChI=1S/C10H7ClN4O2/c11-7-3-5-13-10(14-7)15-9(17)6-2-1-4-12-8(6)16/h1-5H,(H,12,16)(H,13,14,15,17). The minimum atomic E-state index is -0.589. The molecule has 2 rings (SSSR count). The van der Waals surface area contributed by atoms with E-state index in [2.05, 4.69) is 20.3 Å². The molecule has 0 radical (unpaired) electrons. The summed E-state index contributed by atoms with van der Waals surface area (Å²) >= 11 is 5.64. The van der Waals surface area contributed by atoms with Crippen molar-refractivity contribution in [3.8, 4) is 0 Å². The molecule has 0 saturated heterocycles. The molecule has 2 N–H and O–H groups in total. The molecule has 86 valence electrons. The van der Waals surface area contributed by atoms with Crippen LogP contribution in [0.5, 0.6) is 0 Å². The van der Waals surface area contributed by atoms with Crippen molar-refractivity contribution in [2.24, 2.45) is 0 Å². The molecule has 1 amide bonds. The average Bonchev–Trinajstić information content (AvgIpc) is 2.29. The molecule has 0 aliphatic carbocycles. The van der Waals surface area contributed by atoms with Crippen LogP contribution in [-0.4, -0.2) is 20.9 Å². The zero-order valence-corrected chi connectivity index (χ0v) is 9.23. The predicted molar refractivity (Wildman–Crippen MR) is 62.1 cm³/mol. The lowest BCUT2D eigenvalue weighted by Crippen LogP contribution is -2.23. The topological polar surface area (TPSA) is 87.7 Å². The highest BCUT2D eigenvalue weighted by molar-refractivity contribution is 6.29. The summed E-state index contributed by atoms with van der Waals surface area (Å²) in [5.41, 5.74) is -0.497. The second-order valence-corrected chi connectivity index (χ2v) is 3.46. The number of hydrogen-bond donors (Lipinski definition) is 2. The largest absolute Gasteiger partial charge is 0.328 e. The van der Waals surface area contributed by atoms with E-state index in [4.69, 9.17) is 11.6 Å². The van der Waals surface area contributed by atoms with Gasteiger partial charge in [-0.15, -0.1) is 0 Å². The summed E-state index contributed by atoms with van der Waals surface area (Å²) < 4.78 is 0. The van der Waals surface area contributed by atoms with Gasteiger partial charge in [-0.2, -0.15) is 0 Å². The van der Waals surface area contributed by atoms with Gasteiger partial charge in [-0.1, -0.05) is 11.6 Å². The Balaban J connectivity index is 2.23. The fourth-order valence-corrected chi connectivity index (χ4v) is 1.30. The molecule has 2 aromatic rings. The molecule has 0 unspecified atom stereocenters. The van der Waals surface area contributed by atoms with Gasteiger partial charge in [0.1, 0.15) is 10.7 Å². The molecule has 0 atom stereocenters. The molecule has 0 spiro atoms. The van der Waals surface area contributed by atoms with Crippen LogP contribution in [0.25, 0.3) is 0 Å². The number of nitrogens with one attached hydrogen (secondary N) is 2. The molecule has 2 heterocycles. The monoisotopic (exact) mass is 250 g/mol. The Morgan fingerprint density at radius 2 is 2.24 bits per heavy atom. The van der Waals surface area contributed by atoms with Gasteiger partial charge >= 0.3 is 0 Å². The van der Waals surface area contributed by atoms with E-state index in [1.54, 1.807) is 6.07 Å². The summed E-state index contributed by atoms with van der Waals surface area (Å²) in [5.74, 6) is -0.542. The van der Waals surface area contributed by atoms with Crippen LogP contribution < -0.4 is 10.9 Å². The molecule has 17 heavy (non-hydrogen) atoms. The first kappa shape index (κ1) is 11.3. The Morgan fingerprint density at radius 3 is 2.94 bits per heavy atom. The van der Waals surface area contributed by atoms with E-state index in [9.17, 15) is 9.59 Å². The molecule has 0 aliphatic rings. The van der Waals surface area contributed by atoms with E-state index in [0.29, 0.717) is 0 Å². The number of aromatic nitrogens is 3.